The van der Waals surface area contributed by atoms with Crippen molar-refractivity contribution in [2.24, 2.45) is 11.3 Å². The van der Waals surface area contributed by atoms with E-state index in [4.69, 9.17) is 4.74 Å². The van der Waals surface area contributed by atoms with Crippen LogP contribution in [-0.2, 0) is 9.53 Å². The molecule has 3 nitrogen and oxygen atoms in total. The molecule has 13 heavy (non-hydrogen) atoms. The summed E-state index contributed by atoms with van der Waals surface area (Å²) in [6.45, 7) is 0. The predicted octanol–water partition coefficient (Wildman–Crippen LogP) is 0.938. The van der Waals surface area contributed by atoms with Gasteiger partial charge in [0.05, 0.1) is 12.0 Å². The molecule has 0 radical (unpaired) electrons. The monoisotopic (exact) mass is 183 g/mol. The summed E-state index contributed by atoms with van der Waals surface area (Å²) in [5.74, 6) is 0.250. The van der Waals surface area contributed by atoms with E-state index < -0.39 is 0 Å². The maximum Gasteiger partial charge on any atom is 0.225 e. The number of carbonyl (C=O) groups excluding carboxylic acids is 1. The summed E-state index contributed by atoms with van der Waals surface area (Å²) in [7, 11) is 3.42. The summed E-state index contributed by atoms with van der Waals surface area (Å²) < 4.78 is 5.42. The van der Waals surface area contributed by atoms with Gasteiger partial charge in [0.25, 0.3) is 0 Å². The van der Waals surface area contributed by atoms with Gasteiger partial charge in [0.2, 0.25) is 5.91 Å². The Hall–Kier alpha value is -0.570. The van der Waals surface area contributed by atoms with Crippen LogP contribution in [0.2, 0.25) is 0 Å². The minimum atomic E-state index is 0.107. The third-order valence-corrected chi connectivity index (χ3v) is 3.78. The van der Waals surface area contributed by atoms with E-state index in [-0.39, 0.29) is 17.9 Å². The molecule has 2 atom stereocenters. The van der Waals surface area contributed by atoms with Crippen molar-refractivity contribution in [3.05, 3.63) is 0 Å². The molecule has 0 aromatic rings. The molecule has 2 aliphatic carbocycles. The fourth-order valence-corrected chi connectivity index (χ4v) is 2.88. The van der Waals surface area contributed by atoms with Crippen molar-refractivity contribution < 1.29 is 9.53 Å². The van der Waals surface area contributed by atoms with Crippen molar-refractivity contribution in [1.29, 1.82) is 0 Å². The molecule has 1 spiro atoms. The molecule has 2 fully saturated rings. The first kappa shape index (κ1) is 9.00. The van der Waals surface area contributed by atoms with Gasteiger partial charge in [0.1, 0.15) is 0 Å². The third-order valence-electron chi connectivity index (χ3n) is 3.78. The molecule has 0 saturated heterocycles. The van der Waals surface area contributed by atoms with Crippen LogP contribution in [0.25, 0.3) is 0 Å². The van der Waals surface area contributed by atoms with Crippen LogP contribution < -0.4 is 5.32 Å². The van der Waals surface area contributed by atoms with Crippen LogP contribution in [0.3, 0.4) is 0 Å². The van der Waals surface area contributed by atoms with Crippen LogP contribution in [0, 0.1) is 11.3 Å². The van der Waals surface area contributed by atoms with Crippen LogP contribution >= 0.6 is 0 Å². The highest BCUT2D eigenvalue weighted by Gasteiger charge is 2.59. The van der Waals surface area contributed by atoms with E-state index in [0.717, 1.165) is 6.42 Å². The fourth-order valence-electron chi connectivity index (χ4n) is 2.88. The van der Waals surface area contributed by atoms with Gasteiger partial charge in [-0.3, -0.25) is 4.79 Å². The molecule has 2 aliphatic rings. The van der Waals surface area contributed by atoms with E-state index in [1.54, 1.807) is 14.2 Å². The van der Waals surface area contributed by atoms with Gasteiger partial charge in [-0.05, 0) is 24.7 Å². The molecule has 0 bridgehead atoms. The average Bonchev–Trinajstić information content (AvgIpc) is 2.00. The number of hydrogen-bond donors (Lipinski definition) is 1. The summed E-state index contributed by atoms with van der Waals surface area (Å²) in [4.78, 5) is 11.4. The summed E-state index contributed by atoms with van der Waals surface area (Å²) >= 11 is 0. The molecule has 2 unspecified atom stereocenters. The van der Waals surface area contributed by atoms with Crippen molar-refractivity contribution in [1.82, 2.24) is 5.32 Å². The Bertz CT molecular complexity index is 223. The van der Waals surface area contributed by atoms with E-state index in [1.807, 2.05) is 0 Å². The molecule has 1 amide bonds. The highest BCUT2D eigenvalue weighted by molar-refractivity contribution is 5.80. The van der Waals surface area contributed by atoms with Crippen molar-refractivity contribution in [2.75, 3.05) is 14.2 Å². The number of carbonyl (C=O) groups is 1. The number of ether oxygens (including phenoxy) is 1. The maximum atomic E-state index is 11.4. The second kappa shape index (κ2) is 2.98. The van der Waals surface area contributed by atoms with Gasteiger partial charge in [0.15, 0.2) is 0 Å². The summed E-state index contributed by atoms with van der Waals surface area (Å²) in [5, 5.41) is 2.70. The fraction of sp³-hybridized carbons (Fsp3) is 0.900. The Morgan fingerprint density at radius 3 is 2.62 bits per heavy atom. The summed E-state index contributed by atoms with van der Waals surface area (Å²) in [6, 6.07) is 0. The number of nitrogens with one attached hydrogen (secondary N) is 1. The molecule has 2 rings (SSSR count). The van der Waals surface area contributed by atoms with Crippen LogP contribution in [0.15, 0.2) is 0 Å². The van der Waals surface area contributed by atoms with Gasteiger partial charge in [0, 0.05) is 14.2 Å². The zero-order valence-electron chi connectivity index (χ0n) is 8.30. The van der Waals surface area contributed by atoms with E-state index >= 15 is 0 Å². The Labute approximate surface area is 78.8 Å². The lowest BCUT2D eigenvalue weighted by molar-refractivity contribution is -0.187. The largest absolute Gasteiger partial charge is 0.380 e. The first-order chi connectivity index (χ1) is 6.23. The number of hydrogen-bond acceptors (Lipinski definition) is 2. The van der Waals surface area contributed by atoms with Crippen molar-refractivity contribution >= 4 is 5.91 Å². The zero-order valence-corrected chi connectivity index (χ0v) is 8.30. The lowest BCUT2D eigenvalue weighted by atomic mass is 9.49. The Morgan fingerprint density at radius 1 is 1.54 bits per heavy atom. The number of amides is 1. The standard InChI is InChI=1S/C10H17NO2/c1-11-9(12)7-6-10(4-3-5-10)8(7)13-2/h7-8H,3-6H2,1-2H3,(H,11,12). The zero-order chi connectivity index (χ0) is 9.47. The Morgan fingerprint density at radius 2 is 2.23 bits per heavy atom. The summed E-state index contributed by atoms with van der Waals surface area (Å²) in [6.07, 6.45) is 5.02. The Balaban J connectivity index is 2.00. The van der Waals surface area contributed by atoms with Gasteiger partial charge in [-0.15, -0.1) is 0 Å². The first-order valence-electron chi connectivity index (χ1n) is 4.98. The second-order valence-electron chi connectivity index (χ2n) is 4.30. The van der Waals surface area contributed by atoms with E-state index in [1.165, 1.54) is 19.3 Å². The van der Waals surface area contributed by atoms with E-state index in [0.29, 0.717) is 5.41 Å². The highest BCUT2D eigenvalue weighted by Crippen LogP contribution is 2.59. The predicted molar refractivity (Wildman–Crippen MR) is 49.3 cm³/mol. The Kier molecular flexibility index (Phi) is 2.06. The van der Waals surface area contributed by atoms with Crippen molar-refractivity contribution in [3.63, 3.8) is 0 Å². The SMILES string of the molecule is CNC(=O)C1CC2(CCC2)C1OC. The molecule has 0 aromatic heterocycles. The molecule has 0 heterocycles. The van der Waals surface area contributed by atoms with Crippen molar-refractivity contribution in [3.8, 4) is 0 Å². The van der Waals surface area contributed by atoms with Crippen LogP contribution in [0.5, 0.6) is 0 Å². The lowest BCUT2D eigenvalue weighted by Crippen LogP contribution is -2.61. The molecule has 74 valence electrons. The maximum absolute atomic E-state index is 11.4. The highest BCUT2D eigenvalue weighted by atomic mass is 16.5. The molecular weight excluding hydrogens is 166 g/mol. The third kappa shape index (κ3) is 1.10. The van der Waals surface area contributed by atoms with Crippen LogP contribution in [0.1, 0.15) is 25.7 Å². The van der Waals surface area contributed by atoms with Gasteiger partial charge in [-0.2, -0.15) is 0 Å². The molecule has 1 N–H and O–H groups in total. The summed E-state index contributed by atoms with van der Waals surface area (Å²) in [5.41, 5.74) is 0.381. The first-order valence-corrected chi connectivity index (χ1v) is 4.98. The van der Waals surface area contributed by atoms with E-state index in [9.17, 15) is 4.79 Å². The lowest BCUT2D eigenvalue weighted by Gasteiger charge is -2.58. The minimum Gasteiger partial charge on any atom is -0.380 e. The smallest absolute Gasteiger partial charge is 0.225 e. The molecule has 2 saturated carbocycles. The number of methoxy groups -OCH3 is 1. The molecule has 0 aromatic carbocycles. The topological polar surface area (TPSA) is 38.3 Å². The average molecular weight is 183 g/mol. The quantitative estimate of drug-likeness (QED) is 0.692. The number of rotatable bonds is 2. The normalized spacial score (nSPS) is 34.9. The van der Waals surface area contributed by atoms with Gasteiger partial charge >= 0.3 is 0 Å². The molecule has 0 aliphatic heterocycles. The van der Waals surface area contributed by atoms with Gasteiger partial charge in [-0.25, -0.2) is 0 Å². The molecular formula is C10H17NO2. The van der Waals surface area contributed by atoms with Crippen LogP contribution in [-0.4, -0.2) is 26.2 Å². The van der Waals surface area contributed by atoms with Gasteiger partial charge in [-0.1, -0.05) is 6.42 Å². The van der Waals surface area contributed by atoms with Crippen molar-refractivity contribution in [2.45, 2.75) is 31.8 Å². The second-order valence-corrected chi connectivity index (χ2v) is 4.30. The molecule has 3 heteroatoms. The van der Waals surface area contributed by atoms with Gasteiger partial charge < -0.3 is 10.1 Å². The van der Waals surface area contributed by atoms with E-state index in [2.05, 4.69) is 5.32 Å². The van der Waals surface area contributed by atoms with Crippen LogP contribution in [0.4, 0.5) is 0 Å². The minimum absolute atomic E-state index is 0.107.